The Hall–Kier alpha value is -6.42. The van der Waals surface area contributed by atoms with E-state index in [9.17, 15) is 0 Å². The van der Waals surface area contributed by atoms with Gasteiger partial charge in [-0.15, -0.1) is 11.3 Å². The third-order valence-corrected chi connectivity index (χ3v) is 11.9. The number of fused-ring (bicyclic) bond motifs is 9. The van der Waals surface area contributed by atoms with Crippen molar-refractivity contribution in [3.8, 4) is 22.3 Å². The first kappa shape index (κ1) is 34.4. The Morgan fingerprint density at radius 2 is 1.24 bits per heavy atom. The van der Waals surface area contributed by atoms with Gasteiger partial charge in [0.2, 0.25) is 0 Å². The number of rotatable bonds is 9. The highest BCUT2D eigenvalue weighted by molar-refractivity contribution is 7.26. The molecule has 0 aliphatic carbocycles. The van der Waals surface area contributed by atoms with E-state index in [-0.39, 0.29) is 0 Å². The smallest absolute Gasteiger partial charge is 0.0786 e. The Labute approximate surface area is 325 Å². The molecular formula is C52H40N2S. The molecule has 0 amide bonds. The van der Waals surface area contributed by atoms with E-state index in [4.69, 9.17) is 9.97 Å². The summed E-state index contributed by atoms with van der Waals surface area (Å²) in [5.74, 6) is 0. The summed E-state index contributed by atoms with van der Waals surface area (Å²) in [5, 5.41) is 9.42. The molecule has 0 atom stereocenters. The lowest BCUT2D eigenvalue weighted by molar-refractivity contribution is 1.21. The lowest BCUT2D eigenvalue weighted by Crippen LogP contribution is -1.89. The lowest BCUT2D eigenvalue weighted by Gasteiger charge is -2.13. The molecule has 6 aromatic carbocycles. The zero-order valence-corrected chi connectivity index (χ0v) is 32.0. The van der Waals surface area contributed by atoms with Crippen molar-refractivity contribution in [2.75, 3.05) is 0 Å². The maximum absolute atomic E-state index is 4.90. The molecule has 9 aromatic rings. The standard InChI is InChI=1S/C52H40N2S/c1-5-9-15-34(14-7-3)45-29-40(39-25-21-35-20-23-37-17-11-26-53-49(37)43(35)28-39)30-46-47-32-41(31-44(33(8-4)13-6-2)51(47)55-52(45)46)42-19-10-16-36-22-24-38-18-12-27-54-50(38)48(36)42/h6,8-32H,2,4-5,7H2,1,3H3/b15-9-,33-13+,34-14+. The third-order valence-electron chi connectivity index (χ3n) is 10.6. The van der Waals surface area contributed by atoms with Gasteiger partial charge in [-0.05, 0) is 105 Å². The predicted octanol–water partition coefficient (Wildman–Crippen LogP) is 15.3. The minimum absolute atomic E-state index is 0.939. The van der Waals surface area contributed by atoms with Gasteiger partial charge in [0, 0.05) is 59.7 Å². The molecule has 3 heterocycles. The van der Waals surface area contributed by atoms with E-state index in [2.05, 4.69) is 148 Å². The normalized spacial score (nSPS) is 12.6. The zero-order valence-electron chi connectivity index (χ0n) is 31.1. The van der Waals surface area contributed by atoms with Gasteiger partial charge < -0.3 is 0 Å². The number of aromatic nitrogens is 2. The van der Waals surface area contributed by atoms with Gasteiger partial charge in [0.05, 0.1) is 11.0 Å². The second-order valence-electron chi connectivity index (χ2n) is 14.0. The van der Waals surface area contributed by atoms with Crippen LogP contribution in [-0.2, 0) is 0 Å². The molecule has 0 aliphatic heterocycles. The van der Waals surface area contributed by atoms with Crippen LogP contribution in [0.5, 0.6) is 0 Å². The van der Waals surface area contributed by atoms with Crippen LogP contribution in [0.4, 0.5) is 0 Å². The molecule has 3 aromatic heterocycles. The quantitative estimate of drug-likeness (QED) is 0.109. The minimum atomic E-state index is 0.939. The van der Waals surface area contributed by atoms with Gasteiger partial charge in [-0.2, -0.15) is 0 Å². The van der Waals surface area contributed by atoms with E-state index in [1.54, 1.807) is 0 Å². The van der Waals surface area contributed by atoms with E-state index < -0.39 is 0 Å². The molecule has 0 N–H and O–H groups in total. The molecule has 0 fully saturated rings. The number of hydrogen-bond acceptors (Lipinski definition) is 3. The fraction of sp³-hybridized carbons (Fsp3) is 0.0769. The van der Waals surface area contributed by atoms with Crippen LogP contribution in [0.2, 0.25) is 0 Å². The van der Waals surface area contributed by atoms with Gasteiger partial charge >= 0.3 is 0 Å². The number of benzene rings is 6. The van der Waals surface area contributed by atoms with Crippen LogP contribution in [0.15, 0.2) is 171 Å². The fourth-order valence-corrected chi connectivity index (χ4v) is 9.39. The Bertz CT molecular complexity index is 3100. The molecule has 0 unspecified atom stereocenters. The highest BCUT2D eigenvalue weighted by Crippen LogP contribution is 2.47. The SMILES string of the molecule is C=C/C=C(\C=C)c1cc(-c2cccc3ccc4cccnc4c23)cc2c1sc1c(C(/C=C\CC)=C/CC)cc(-c3ccc4ccc5cccnc5c4c3)cc12. The molecule has 0 saturated heterocycles. The van der Waals surface area contributed by atoms with E-state index >= 15 is 0 Å². The van der Waals surface area contributed by atoms with Crippen molar-refractivity contribution in [3.05, 3.63) is 182 Å². The molecule has 3 heteroatoms. The summed E-state index contributed by atoms with van der Waals surface area (Å²) >= 11 is 1.87. The van der Waals surface area contributed by atoms with Gasteiger partial charge in [-0.25, -0.2) is 0 Å². The molecule has 0 spiro atoms. The van der Waals surface area contributed by atoms with Gasteiger partial charge in [0.25, 0.3) is 0 Å². The van der Waals surface area contributed by atoms with Crippen LogP contribution < -0.4 is 0 Å². The Kier molecular flexibility index (Phi) is 9.01. The summed E-state index contributed by atoms with van der Waals surface area (Å²) in [6, 6.07) is 40.0. The van der Waals surface area contributed by atoms with Crippen LogP contribution in [0, 0.1) is 0 Å². The Morgan fingerprint density at radius 3 is 1.98 bits per heavy atom. The molecule has 2 nitrogen and oxygen atoms in total. The highest BCUT2D eigenvalue weighted by atomic mass is 32.1. The molecule has 0 aliphatic rings. The van der Waals surface area contributed by atoms with Gasteiger partial charge in [0.15, 0.2) is 0 Å². The summed E-state index contributed by atoms with van der Waals surface area (Å²) in [6.45, 7) is 12.8. The van der Waals surface area contributed by atoms with Crippen molar-refractivity contribution in [2.45, 2.75) is 26.7 Å². The average molecular weight is 725 g/mol. The molecule has 55 heavy (non-hydrogen) atoms. The lowest BCUT2D eigenvalue weighted by atomic mass is 9.90. The summed E-state index contributed by atoms with van der Waals surface area (Å²) < 4.78 is 2.51. The van der Waals surface area contributed by atoms with Gasteiger partial charge in [-0.3, -0.25) is 9.97 Å². The Morgan fingerprint density at radius 1 is 0.600 bits per heavy atom. The van der Waals surface area contributed by atoms with Crippen molar-refractivity contribution in [1.82, 2.24) is 9.97 Å². The van der Waals surface area contributed by atoms with Crippen molar-refractivity contribution in [2.24, 2.45) is 0 Å². The van der Waals surface area contributed by atoms with Gasteiger partial charge in [-0.1, -0.05) is 130 Å². The fourth-order valence-electron chi connectivity index (χ4n) is 8.06. The van der Waals surface area contributed by atoms with E-state index in [0.717, 1.165) is 67.7 Å². The molecule has 0 bridgehead atoms. The zero-order chi connectivity index (χ0) is 37.5. The van der Waals surface area contributed by atoms with E-state index in [0.29, 0.717) is 0 Å². The molecule has 9 rings (SSSR count). The number of allylic oxidation sites excluding steroid dienone is 8. The number of pyridine rings is 2. The first-order chi connectivity index (χ1) is 27.1. The average Bonchev–Trinajstić information content (AvgIpc) is 3.62. The van der Waals surface area contributed by atoms with E-state index in [1.165, 1.54) is 53.2 Å². The van der Waals surface area contributed by atoms with Crippen LogP contribution >= 0.6 is 11.3 Å². The van der Waals surface area contributed by atoms with Crippen LogP contribution in [-0.4, -0.2) is 9.97 Å². The van der Waals surface area contributed by atoms with E-state index in [1.807, 2.05) is 48.0 Å². The second kappa shape index (κ2) is 14.4. The summed E-state index contributed by atoms with van der Waals surface area (Å²) in [5.41, 5.74) is 11.4. The van der Waals surface area contributed by atoms with Crippen molar-refractivity contribution in [3.63, 3.8) is 0 Å². The second-order valence-corrected chi connectivity index (χ2v) is 15.0. The first-order valence-corrected chi connectivity index (χ1v) is 19.8. The van der Waals surface area contributed by atoms with Crippen LogP contribution in [0.3, 0.4) is 0 Å². The molecular weight excluding hydrogens is 685 g/mol. The van der Waals surface area contributed by atoms with Crippen molar-refractivity contribution >= 4 is 86.0 Å². The minimum Gasteiger partial charge on any atom is -0.256 e. The number of thiophene rings is 1. The van der Waals surface area contributed by atoms with Crippen LogP contribution in [0.25, 0.3) is 96.9 Å². The summed E-state index contributed by atoms with van der Waals surface area (Å²) in [4.78, 5) is 9.72. The van der Waals surface area contributed by atoms with Crippen LogP contribution in [0.1, 0.15) is 37.8 Å². The maximum Gasteiger partial charge on any atom is 0.0786 e. The Balaban J connectivity index is 1.40. The molecule has 0 radical (unpaired) electrons. The largest absolute Gasteiger partial charge is 0.256 e. The number of hydrogen-bond donors (Lipinski definition) is 0. The monoisotopic (exact) mass is 724 g/mol. The molecule has 0 saturated carbocycles. The predicted molar refractivity (Wildman–Crippen MR) is 242 cm³/mol. The highest BCUT2D eigenvalue weighted by Gasteiger charge is 2.20. The first-order valence-electron chi connectivity index (χ1n) is 19.0. The molecule has 264 valence electrons. The summed E-state index contributed by atoms with van der Waals surface area (Å²) in [6.07, 6.45) is 18.5. The summed E-state index contributed by atoms with van der Waals surface area (Å²) in [7, 11) is 0. The van der Waals surface area contributed by atoms with Crippen molar-refractivity contribution < 1.29 is 0 Å². The van der Waals surface area contributed by atoms with Gasteiger partial charge in [0.1, 0.15) is 0 Å². The van der Waals surface area contributed by atoms with Crippen molar-refractivity contribution in [1.29, 1.82) is 0 Å². The number of nitrogens with zero attached hydrogens (tertiary/aromatic N) is 2. The topological polar surface area (TPSA) is 25.8 Å². The maximum atomic E-state index is 4.90. The third kappa shape index (κ3) is 5.98.